The van der Waals surface area contributed by atoms with Gasteiger partial charge in [-0.15, -0.1) is 0 Å². The fourth-order valence-corrected chi connectivity index (χ4v) is 9.55. The second-order valence-corrected chi connectivity index (χ2v) is 12.7. The van der Waals surface area contributed by atoms with Gasteiger partial charge in [-0.05, 0) is 87.7 Å². The summed E-state index contributed by atoms with van der Waals surface area (Å²) in [5.74, 6) is 2.70. The van der Waals surface area contributed by atoms with Gasteiger partial charge in [0.2, 0.25) is 5.44 Å². The zero-order chi connectivity index (χ0) is 21.8. The quantitative estimate of drug-likeness (QED) is 0.691. The third-order valence-corrected chi connectivity index (χ3v) is 10.4. The summed E-state index contributed by atoms with van der Waals surface area (Å²) in [5, 5.41) is 0. The van der Waals surface area contributed by atoms with E-state index in [0.29, 0.717) is 28.7 Å². The molecule has 8 rings (SSSR count). The number of piperidine rings is 1. The third kappa shape index (κ3) is 2.62. The molecule has 7 nitrogen and oxygen atoms in total. The zero-order valence-corrected chi connectivity index (χ0v) is 19.0. The Kier molecular flexibility index (Phi) is 4.06. The van der Waals surface area contributed by atoms with E-state index in [-0.39, 0.29) is 6.04 Å². The van der Waals surface area contributed by atoms with E-state index >= 15 is 0 Å². The van der Waals surface area contributed by atoms with Crippen molar-refractivity contribution in [2.24, 2.45) is 17.8 Å². The van der Waals surface area contributed by atoms with Gasteiger partial charge in [-0.1, -0.05) is 12.1 Å². The fourth-order valence-electron chi connectivity index (χ4n) is 8.95. The summed E-state index contributed by atoms with van der Waals surface area (Å²) in [4.78, 5) is 39.9. The predicted octanol–water partition coefficient (Wildman–Crippen LogP) is 2.95. The maximum absolute atomic E-state index is 13.3. The summed E-state index contributed by atoms with van der Waals surface area (Å²) < 4.78 is 13.7. The Morgan fingerprint density at radius 1 is 0.938 bits per heavy atom. The molecular weight excluding hydrogens is 425 g/mol. The minimum Gasteiger partial charge on any atom is -0.320 e. The molecule has 3 heterocycles. The van der Waals surface area contributed by atoms with Crippen LogP contribution in [0.4, 0.5) is 0 Å². The van der Waals surface area contributed by atoms with Crippen molar-refractivity contribution in [2.45, 2.75) is 81.5 Å². The molecule has 4 saturated carbocycles. The van der Waals surface area contributed by atoms with Crippen LogP contribution in [-0.4, -0.2) is 41.9 Å². The average molecular weight is 455 g/mol. The number of aromatic nitrogens is 2. The van der Waals surface area contributed by atoms with Crippen molar-refractivity contribution in [3.63, 3.8) is 0 Å². The Hall–Kier alpha value is -1.53. The second-order valence-electron chi connectivity index (χ2n) is 11.2. The summed E-state index contributed by atoms with van der Waals surface area (Å²) in [7, 11) is -4.75. The van der Waals surface area contributed by atoms with Gasteiger partial charge in [0, 0.05) is 23.7 Å². The van der Waals surface area contributed by atoms with Crippen LogP contribution in [0.15, 0.2) is 29.1 Å². The van der Waals surface area contributed by atoms with Gasteiger partial charge >= 0.3 is 7.60 Å². The number of fused-ring (bicyclic) bond motifs is 3. The molecule has 4 atom stereocenters. The lowest BCUT2D eigenvalue weighted by atomic mass is 9.78. The first-order valence-electron chi connectivity index (χ1n) is 12.2. The first-order valence-corrected chi connectivity index (χ1v) is 13.8. The Morgan fingerprint density at radius 2 is 1.59 bits per heavy atom. The molecular formula is C24H30N3O4P. The normalized spacial score (nSPS) is 40.6. The molecule has 6 fully saturated rings. The van der Waals surface area contributed by atoms with E-state index in [1.54, 1.807) is 16.7 Å². The number of rotatable bonds is 3. The van der Waals surface area contributed by atoms with E-state index in [4.69, 9.17) is 0 Å². The second kappa shape index (κ2) is 6.53. The molecule has 170 valence electrons. The van der Waals surface area contributed by atoms with Crippen molar-refractivity contribution in [1.29, 1.82) is 0 Å². The van der Waals surface area contributed by atoms with Crippen LogP contribution in [0.2, 0.25) is 0 Å². The monoisotopic (exact) mass is 455 g/mol. The number of nitrogens with zero attached hydrogens (tertiary/aromatic N) is 3. The Balaban J connectivity index is 1.29. The first-order chi connectivity index (χ1) is 15.3. The maximum Gasteiger partial charge on any atom is 0.380 e. The molecule has 2 aliphatic heterocycles. The van der Waals surface area contributed by atoms with Crippen LogP contribution in [0, 0.1) is 17.8 Å². The highest BCUT2D eigenvalue weighted by Crippen LogP contribution is 2.65. The Bertz CT molecular complexity index is 1190. The van der Waals surface area contributed by atoms with Crippen molar-refractivity contribution in [1.82, 2.24) is 14.5 Å². The maximum atomic E-state index is 13.3. The lowest BCUT2D eigenvalue weighted by Crippen LogP contribution is -2.58. The van der Waals surface area contributed by atoms with Crippen LogP contribution >= 0.6 is 7.60 Å². The molecule has 2 saturated heterocycles. The minimum absolute atomic E-state index is 0.0401. The van der Waals surface area contributed by atoms with Crippen molar-refractivity contribution in [3.8, 4) is 0 Å². The summed E-state index contributed by atoms with van der Waals surface area (Å²) >= 11 is 0. The van der Waals surface area contributed by atoms with E-state index in [2.05, 4.69) is 9.88 Å². The van der Waals surface area contributed by atoms with Crippen molar-refractivity contribution in [3.05, 3.63) is 34.6 Å². The van der Waals surface area contributed by atoms with Crippen LogP contribution in [0.25, 0.3) is 11.0 Å². The van der Waals surface area contributed by atoms with Gasteiger partial charge in [0.15, 0.2) is 0 Å². The van der Waals surface area contributed by atoms with Crippen LogP contribution in [-0.2, 0) is 4.57 Å². The van der Waals surface area contributed by atoms with Crippen LogP contribution < -0.4 is 11.0 Å². The molecule has 6 aliphatic rings. The van der Waals surface area contributed by atoms with Gasteiger partial charge < -0.3 is 14.4 Å². The molecule has 1 aromatic heterocycles. The molecule has 4 aliphatic carbocycles. The highest BCUT2D eigenvalue weighted by molar-refractivity contribution is 7.59. The smallest absolute Gasteiger partial charge is 0.320 e. The van der Waals surface area contributed by atoms with Gasteiger partial charge in [0.05, 0.1) is 11.0 Å². The van der Waals surface area contributed by atoms with E-state index in [0.717, 1.165) is 30.6 Å². The molecule has 0 spiro atoms. The molecule has 32 heavy (non-hydrogen) atoms. The average Bonchev–Trinajstić information content (AvgIpc) is 3.26. The van der Waals surface area contributed by atoms with Crippen LogP contribution in [0.3, 0.4) is 0 Å². The molecule has 6 bridgehead atoms. The fraction of sp³-hybridized carbons (Fsp3) is 0.667. The van der Waals surface area contributed by atoms with Crippen LogP contribution in [0.1, 0.15) is 63.8 Å². The van der Waals surface area contributed by atoms with E-state index < -0.39 is 18.6 Å². The lowest BCUT2D eigenvalue weighted by molar-refractivity contribution is -0.0244. The molecule has 0 radical (unpaired) electrons. The van der Waals surface area contributed by atoms with E-state index in [9.17, 15) is 19.1 Å². The topological polar surface area (TPSA) is 95.7 Å². The van der Waals surface area contributed by atoms with Gasteiger partial charge in [0.25, 0.3) is 5.56 Å². The summed E-state index contributed by atoms with van der Waals surface area (Å²) in [6, 6.07) is 8.15. The van der Waals surface area contributed by atoms with Crippen LogP contribution in [0.5, 0.6) is 0 Å². The Labute approximate surface area is 187 Å². The lowest BCUT2D eigenvalue weighted by Gasteiger charge is -2.52. The zero-order valence-electron chi connectivity index (χ0n) is 18.1. The number of hydrogen-bond acceptors (Lipinski definition) is 4. The van der Waals surface area contributed by atoms with Crippen molar-refractivity contribution in [2.75, 3.05) is 0 Å². The molecule has 2 aromatic rings. The molecule has 8 heteroatoms. The highest BCUT2D eigenvalue weighted by Gasteiger charge is 2.64. The largest absolute Gasteiger partial charge is 0.380 e. The van der Waals surface area contributed by atoms with E-state index in [1.807, 2.05) is 12.1 Å². The molecule has 2 N–H and O–H groups in total. The SMILES string of the molecule is O=c1c(P(=O)(O)O)nc2ccccc2n1C1C[C@H]2CC[C@H](C1)N2C12CC3CC(CC1C3)C2. The summed E-state index contributed by atoms with van der Waals surface area (Å²) in [6.07, 6.45) is 11.1. The summed E-state index contributed by atoms with van der Waals surface area (Å²) in [6.45, 7) is 0. The molecule has 1 aromatic carbocycles. The van der Waals surface area contributed by atoms with Crippen molar-refractivity contribution < 1.29 is 14.4 Å². The van der Waals surface area contributed by atoms with Gasteiger partial charge in [-0.25, -0.2) is 4.98 Å². The van der Waals surface area contributed by atoms with E-state index in [1.165, 1.54) is 44.9 Å². The van der Waals surface area contributed by atoms with Crippen molar-refractivity contribution >= 4 is 24.1 Å². The number of benzene rings is 1. The predicted molar refractivity (Wildman–Crippen MR) is 121 cm³/mol. The molecule has 0 amide bonds. The Morgan fingerprint density at radius 3 is 2.25 bits per heavy atom. The number of hydrogen-bond donors (Lipinski definition) is 2. The number of para-hydroxylation sites is 2. The summed E-state index contributed by atoms with van der Waals surface area (Å²) in [5.41, 5.74) is 0.328. The first kappa shape index (κ1) is 19.9. The minimum atomic E-state index is -4.75. The van der Waals surface area contributed by atoms with Gasteiger partial charge in [-0.2, -0.15) is 0 Å². The third-order valence-electron chi connectivity index (χ3n) is 9.59. The van der Waals surface area contributed by atoms with Gasteiger partial charge in [-0.3, -0.25) is 14.3 Å². The van der Waals surface area contributed by atoms with Gasteiger partial charge in [0.1, 0.15) is 0 Å². The standard InChI is InChI=1S/C24H30N3O4P/c28-23-22(32(29,30)31)25-20-3-1-2-4-21(20)26(23)19-10-17-5-6-18(11-19)27(17)24-12-14-7-15(13-24)9-16(24)8-14/h1-4,14-19H,5-13H2,(H2,29,30,31)/t14?,15?,16?,17-,18-,24?/m1/s1. The molecule has 2 unspecified atom stereocenters. The highest BCUT2D eigenvalue weighted by atomic mass is 31.2.